The van der Waals surface area contributed by atoms with Crippen LogP contribution >= 0.6 is 11.8 Å². The van der Waals surface area contributed by atoms with E-state index in [1.54, 1.807) is 4.40 Å². The number of thioether (sulfide) groups is 1. The second-order valence-corrected chi connectivity index (χ2v) is 6.99. The number of fused-ring (bicyclic) bond motifs is 2. The Kier molecular flexibility index (Phi) is 4.34. The summed E-state index contributed by atoms with van der Waals surface area (Å²) in [6.07, 6.45) is 2.16. The van der Waals surface area contributed by atoms with Crippen molar-refractivity contribution in [3.63, 3.8) is 0 Å². The fourth-order valence-corrected chi connectivity index (χ4v) is 3.94. The van der Waals surface area contributed by atoms with Gasteiger partial charge in [-0.05, 0) is 23.3 Å². The minimum Gasteiger partial charge on any atom is -0.480 e. The average Bonchev–Trinajstić information content (AvgIpc) is 3.08. The van der Waals surface area contributed by atoms with E-state index in [-0.39, 0.29) is 11.7 Å². The molecule has 132 valence electrons. The number of pyridine rings is 1. The highest BCUT2D eigenvalue weighted by molar-refractivity contribution is 7.99. The number of carboxylic acid groups (broad SMARTS) is 1. The third-order valence-corrected chi connectivity index (χ3v) is 5.39. The summed E-state index contributed by atoms with van der Waals surface area (Å²) >= 11 is 1.26. The largest absolute Gasteiger partial charge is 0.480 e. The van der Waals surface area contributed by atoms with Crippen molar-refractivity contribution < 1.29 is 14.7 Å². The molecule has 3 heterocycles. The second kappa shape index (κ2) is 6.80. The predicted octanol–water partition coefficient (Wildman–Crippen LogP) is 1.86. The number of hydrogen-bond acceptors (Lipinski definition) is 5. The summed E-state index contributed by atoms with van der Waals surface area (Å²) in [4.78, 5) is 25.8. The molecule has 1 aliphatic heterocycles. The summed E-state index contributed by atoms with van der Waals surface area (Å²) in [5, 5.41) is 18.3. The van der Waals surface area contributed by atoms with Crippen LogP contribution in [0.3, 0.4) is 0 Å². The summed E-state index contributed by atoms with van der Waals surface area (Å²) < 4.78 is 1.80. The molecule has 1 atom stereocenters. The molecule has 0 unspecified atom stereocenters. The number of carbonyl (C=O) groups is 2. The first-order valence-corrected chi connectivity index (χ1v) is 9.13. The van der Waals surface area contributed by atoms with Crippen LogP contribution in [0.15, 0.2) is 53.8 Å². The van der Waals surface area contributed by atoms with E-state index in [0.717, 1.165) is 11.1 Å². The van der Waals surface area contributed by atoms with Gasteiger partial charge < -0.3 is 10.0 Å². The zero-order valence-electron chi connectivity index (χ0n) is 13.8. The number of rotatable bonds is 4. The maximum Gasteiger partial charge on any atom is 0.326 e. The third-order valence-electron chi connectivity index (χ3n) is 4.46. The van der Waals surface area contributed by atoms with E-state index in [1.807, 2.05) is 48.7 Å². The van der Waals surface area contributed by atoms with Crippen LogP contribution in [0.5, 0.6) is 0 Å². The summed E-state index contributed by atoms with van der Waals surface area (Å²) in [7, 11) is 0. The summed E-state index contributed by atoms with van der Waals surface area (Å²) in [5.41, 5.74) is 2.69. The summed E-state index contributed by atoms with van der Waals surface area (Å²) in [6.45, 7) is 0.313. The predicted molar refractivity (Wildman–Crippen MR) is 95.8 cm³/mol. The lowest BCUT2D eigenvalue weighted by atomic mass is 9.94. The zero-order chi connectivity index (χ0) is 18.1. The molecule has 1 aliphatic rings. The van der Waals surface area contributed by atoms with Crippen LogP contribution in [0.25, 0.3) is 5.65 Å². The molecule has 4 rings (SSSR count). The Labute approximate surface area is 153 Å². The van der Waals surface area contributed by atoms with Crippen LogP contribution in [0.2, 0.25) is 0 Å². The van der Waals surface area contributed by atoms with Crippen molar-refractivity contribution in [3.05, 3.63) is 59.8 Å². The molecule has 0 fully saturated rings. The van der Waals surface area contributed by atoms with E-state index in [0.29, 0.717) is 23.8 Å². The third kappa shape index (κ3) is 3.03. The number of carboxylic acids is 1. The molecule has 1 aromatic carbocycles. The van der Waals surface area contributed by atoms with Gasteiger partial charge in [-0.2, -0.15) is 0 Å². The molecule has 3 aromatic rings. The first kappa shape index (κ1) is 16.6. The van der Waals surface area contributed by atoms with Crippen molar-refractivity contribution in [2.24, 2.45) is 0 Å². The summed E-state index contributed by atoms with van der Waals surface area (Å²) in [5.74, 6) is -1.09. The smallest absolute Gasteiger partial charge is 0.326 e. The van der Waals surface area contributed by atoms with Crippen molar-refractivity contribution >= 4 is 29.3 Å². The monoisotopic (exact) mass is 368 g/mol. The molecule has 0 spiro atoms. The molecule has 1 amide bonds. The molecule has 0 radical (unpaired) electrons. The Hall–Kier alpha value is -2.87. The van der Waals surface area contributed by atoms with Crippen LogP contribution in [0.4, 0.5) is 0 Å². The van der Waals surface area contributed by atoms with Crippen LogP contribution < -0.4 is 0 Å². The molecule has 1 N–H and O–H groups in total. The lowest BCUT2D eigenvalue weighted by Gasteiger charge is -2.34. The topological polar surface area (TPSA) is 87.8 Å². The van der Waals surface area contributed by atoms with Crippen LogP contribution in [0.1, 0.15) is 11.1 Å². The number of aromatic nitrogens is 3. The average molecular weight is 368 g/mol. The molecule has 8 heteroatoms. The molecule has 0 bridgehead atoms. The van der Waals surface area contributed by atoms with Crippen LogP contribution in [-0.2, 0) is 22.6 Å². The van der Waals surface area contributed by atoms with E-state index >= 15 is 0 Å². The van der Waals surface area contributed by atoms with Crippen molar-refractivity contribution in [2.75, 3.05) is 5.75 Å². The Morgan fingerprint density at radius 2 is 1.88 bits per heavy atom. The van der Waals surface area contributed by atoms with Crippen LogP contribution in [0, 0.1) is 0 Å². The molecular formula is C18H16N4O3S. The van der Waals surface area contributed by atoms with Crippen molar-refractivity contribution in [1.29, 1.82) is 0 Å². The Balaban J connectivity index is 1.52. The van der Waals surface area contributed by atoms with Crippen molar-refractivity contribution in [3.8, 4) is 0 Å². The van der Waals surface area contributed by atoms with Crippen LogP contribution in [-0.4, -0.2) is 48.3 Å². The SMILES string of the molecule is O=C(O)[C@H]1Cc2ccccc2CN1C(=O)CSc1nnc2ccccn12. The maximum absolute atomic E-state index is 12.7. The van der Waals surface area contributed by atoms with Crippen molar-refractivity contribution in [2.45, 2.75) is 24.2 Å². The highest BCUT2D eigenvalue weighted by atomic mass is 32.2. The van der Waals surface area contributed by atoms with Gasteiger partial charge in [0.15, 0.2) is 10.8 Å². The number of benzene rings is 1. The zero-order valence-corrected chi connectivity index (χ0v) is 14.6. The van der Waals surface area contributed by atoms with E-state index in [2.05, 4.69) is 10.2 Å². The fraction of sp³-hybridized carbons (Fsp3) is 0.222. The lowest BCUT2D eigenvalue weighted by molar-refractivity contribution is -0.150. The van der Waals surface area contributed by atoms with E-state index in [4.69, 9.17) is 0 Å². The molecular weight excluding hydrogens is 352 g/mol. The van der Waals surface area contributed by atoms with Gasteiger partial charge in [0.25, 0.3) is 0 Å². The molecule has 0 saturated carbocycles. The molecule has 0 saturated heterocycles. The second-order valence-electron chi connectivity index (χ2n) is 6.05. The number of amides is 1. The molecule has 26 heavy (non-hydrogen) atoms. The van der Waals surface area contributed by atoms with Gasteiger partial charge in [-0.3, -0.25) is 9.20 Å². The van der Waals surface area contributed by atoms with E-state index in [1.165, 1.54) is 16.7 Å². The quantitative estimate of drug-likeness (QED) is 0.707. The minimum absolute atomic E-state index is 0.113. The van der Waals surface area contributed by atoms with E-state index in [9.17, 15) is 14.7 Å². The first-order valence-electron chi connectivity index (χ1n) is 8.15. The lowest BCUT2D eigenvalue weighted by Crippen LogP contribution is -2.49. The highest BCUT2D eigenvalue weighted by Crippen LogP contribution is 2.25. The number of nitrogens with zero attached hydrogens (tertiary/aromatic N) is 4. The standard InChI is InChI=1S/C18H16N4O3S/c23-16(11-26-18-20-19-15-7-3-4-8-21(15)18)22-10-13-6-2-1-5-12(13)9-14(22)17(24)25/h1-8,14H,9-11H2,(H,24,25)/t14-/m1/s1. The van der Waals surface area contributed by atoms with Gasteiger partial charge in [0.05, 0.1) is 5.75 Å². The molecule has 7 nitrogen and oxygen atoms in total. The Morgan fingerprint density at radius 1 is 1.12 bits per heavy atom. The van der Waals surface area contributed by atoms with Gasteiger partial charge in [-0.1, -0.05) is 42.1 Å². The van der Waals surface area contributed by atoms with Gasteiger partial charge in [0, 0.05) is 19.2 Å². The van der Waals surface area contributed by atoms with Gasteiger partial charge in [0.1, 0.15) is 6.04 Å². The number of carbonyl (C=O) groups excluding carboxylic acids is 1. The molecule has 0 aliphatic carbocycles. The van der Waals surface area contributed by atoms with Crippen molar-refractivity contribution in [1.82, 2.24) is 19.5 Å². The van der Waals surface area contributed by atoms with Gasteiger partial charge in [-0.25, -0.2) is 4.79 Å². The van der Waals surface area contributed by atoms with Gasteiger partial charge in [-0.15, -0.1) is 10.2 Å². The number of hydrogen-bond donors (Lipinski definition) is 1. The van der Waals surface area contributed by atoms with Gasteiger partial charge in [0.2, 0.25) is 5.91 Å². The molecule has 2 aromatic heterocycles. The maximum atomic E-state index is 12.7. The normalized spacial score (nSPS) is 16.5. The van der Waals surface area contributed by atoms with Gasteiger partial charge >= 0.3 is 5.97 Å². The first-order chi connectivity index (χ1) is 12.6. The Morgan fingerprint density at radius 3 is 2.69 bits per heavy atom. The summed E-state index contributed by atoms with van der Waals surface area (Å²) in [6, 6.07) is 12.4. The minimum atomic E-state index is -0.981. The Bertz CT molecular complexity index is 987. The fourth-order valence-electron chi connectivity index (χ4n) is 3.13. The highest BCUT2D eigenvalue weighted by Gasteiger charge is 2.34. The van der Waals surface area contributed by atoms with E-state index < -0.39 is 12.0 Å². The number of aliphatic carboxylic acids is 1.